The third kappa shape index (κ3) is 5.19. The van der Waals surface area contributed by atoms with Crippen LogP contribution >= 0.6 is 0 Å². The van der Waals surface area contributed by atoms with Crippen LogP contribution in [-0.4, -0.2) is 24.8 Å². The number of ketones is 1. The summed E-state index contributed by atoms with van der Waals surface area (Å²) in [4.78, 5) is 26.9. The van der Waals surface area contributed by atoms with E-state index in [-0.39, 0.29) is 24.5 Å². The average Bonchev–Trinajstić information content (AvgIpc) is 3.25. The highest BCUT2D eigenvalue weighted by Gasteiger charge is 2.16. The Morgan fingerprint density at radius 2 is 1.67 bits per heavy atom. The van der Waals surface area contributed by atoms with Crippen LogP contribution in [0, 0.1) is 0 Å². The molecular weight excluding hydrogens is 336 g/mol. The van der Waals surface area contributed by atoms with Crippen molar-refractivity contribution >= 4 is 17.4 Å². The van der Waals surface area contributed by atoms with Gasteiger partial charge in [0.05, 0.1) is 0 Å². The number of benzene rings is 2. The van der Waals surface area contributed by atoms with E-state index >= 15 is 0 Å². The van der Waals surface area contributed by atoms with Crippen molar-refractivity contribution in [1.29, 1.82) is 0 Å². The van der Waals surface area contributed by atoms with E-state index in [1.54, 1.807) is 0 Å². The lowest BCUT2D eigenvalue weighted by atomic mass is 10.0. The summed E-state index contributed by atoms with van der Waals surface area (Å²) in [7, 11) is 0. The Hall–Kier alpha value is -2.62. The highest BCUT2D eigenvalue weighted by atomic mass is 16.2. The van der Waals surface area contributed by atoms with Crippen molar-refractivity contribution in [3.05, 3.63) is 65.2 Å². The molecule has 1 aliphatic rings. The lowest BCUT2D eigenvalue weighted by Crippen LogP contribution is -2.25. The van der Waals surface area contributed by atoms with Gasteiger partial charge in [-0.2, -0.15) is 0 Å². The molecule has 0 saturated carbocycles. The molecule has 4 nitrogen and oxygen atoms in total. The summed E-state index contributed by atoms with van der Waals surface area (Å²) in [6.07, 6.45) is 3.87. The number of carbonyl (C=O) groups excluding carboxylic acids is 2. The summed E-state index contributed by atoms with van der Waals surface area (Å²) in [5.74, 6) is -0.0602. The Morgan fingerprint density at radius 3 is 2.37 bits per heavy atom. The smallest absolute Gasteiger partial charge is 0.220 e. The highest BCUT2D eigenvalue weighted by molar-refractivity contribution is 5.97. The molecule has 0 radical (unpaired) electrons. The maximum absolute atomic E-state index is 12.3. The number of rotatable bonds is 8. The number of para-hydroxylation sites is 1. The lowest BCUT2D eigenvalue weighted by Gasteiger charge is -2.21. The Balaban J connectivity index is 1.49. The van der Waals surface area contributed by atoms with Crippen LogP contribution in [0.25, 0.3) is 0 Å². The van der Waals surface area contributed by atoms with Gasteiger partial charge in [0.15, 0.2) is 5.78 Å². The van der Waals surface area contributed by atoms with Gasteiger partial charge < -0.3 is 10.2 Å². The van der Waals surface area contributed by atoms with Gasteiger partial charge in [-0.1, -0.05) is 49.4 Å². The molecule has 4 heteroatoms. The molecule has 27 heavy (non-hydrogen) atoms. The summed E-state index contributed by atoms with van der Waals surface area (Å²) in [6.45, 7) is 4.75. The fourth-order valence-corrected chi connectivity index (χ4v) is 3.51. The van der Waals surface area contributed by atoms with Gasteiger partial charge in [0.1, 0.15) is 0 Å². The van der Waals surface area contributed by atoms with Crippen molar-refractivity contribution < 1.29 is 9.59 Å². The average molecular weight is 364 g/mol. The Bertz CT molecular complexity index is 777. The maximum atomic E-state index is 12.3. The van der Waals surface area contributed by atoms with Gasteiger partial charge in [-0.05, 0) is 36.5 Å². The molecule has 1 fully saturated rings. The molecule has 1 amide bonds. The SMILES string of the molecule is CCc1ccc(C(=O)CCC(=O)NCc2ccccc2N2CCCC2)cc1. The van der Waals surface area contributed by atoms with Gasteiger partial charge in [-0.15, -0.1) is 0 Å². The van der Waals surface area contributed by atoms with E-state index in [2.05, 4.69) is 29.3 Å². The van der Waals surface area contributed by atoms with Gasteiger partial charge in [0.2, 0.25) is 5.91 Å². The van der Waals surface area contributed by atoms with E-state index < -0.39 is 0 Å². The lowest BCUT2D eigenvalue weighted by molar-refractivity contribution is -0.121. The number of hydrogen-bond acceptors (Lipinski definition) is 3. The fraction of sp³-hybridized carbons (Fsp3) is 0.391. The third-order valence-electron chi connectivity index (χ3n) is 5.18. The van der Waals surface area contributed by atoms with E-state index in [1.165, 1.54) is 24.1 Å². The van der Waals surface area contributed by atoms with Crippen LogP contribution in [0.15, 0.2) is 48.5 Å². The van der Waals surface area contributed by atoms with E-state index in [0.717, 1.165) is 25.1 Å². The molecule has 3 rings (SSSR count). The number of Topliss-reactive ketones (excluding diaryl/α,β-unsaturated/α-hetero) is 1. The minimum absolute atomic E-state index is 0.0188. The predicted octanol–water partition coefficient (Wildman–Crippen LogP) is 4.13. The first-order valence-electron chi connectivity index (χ1n) is 9.89. The van der Waals surface area contributed by atoms with Crippen LogP contribution < -0.4 is 10.2 Å². The van der Waals surface area contributed by atoms with Crippen molar-refractivity contribution in [2.75, 3.05) is 18.0 Å². The topological polar surface area (TPSA) is 49.4 Å². The van der Waals surface area contributed by atoms with Crippen LogP contribution in [0.4, 0.5) is 5.69 Å². The molecular formula is C23H28N2O2. The first kappa shape index (κ1) is 19.2. The van der Waals surface area contributed by atoms with E-state index in [9.17, 15) is 9.59 Å². The number of amides is 1. The predicted molar refractivity (Wildman–Crippen MR) is 109 cm³/mol. The largest absolute Gasteiger partial charge is 0.371 e. The number of anilines is 1. The van der Waals surface area contributed by atoms with Gasteiger partial charge >= 0.3 is 0 Å². The second-order valence-corrected chi connectivity index (χ2v) is 7.07. The zero-order valence-corrected chi connectivity index (χ0v) is 16.0. The molecule has 2 aromatic rings. The minimum atomic E-state index is -0.0789. The first-order valence-corrected chi connectivity index (χ1v) is 9.89. The minimum Gasteiger partial charge on any atom is -0.371 e. The number of nitrogens with one attached hydrogen (secondary N) is 1. The Labute approximate surface area is 161 Å². The van der Waals surface area contributed by atoms with Crippen molar-refractivity contribution in [3.63, 3.8) is 0 Å². The summed E-state index contributed by atoms with van der Waals surface area (Å²) in [5, 5.41) is 2.97. The van der Waals surface area contributed by atoms with Crippen LogP contribution in [0.5, 0.6) is 0 Å². The Kier molecular flexibility index (Phi) is 6.64. The van der Waals surface area contributed by atoms with E-state index in [0.29, 0.717) is 12.1 Å². The molecule has 0 aromatic heterocycles. The first-order chi connectivity index (χ1) is 13.2. The van der Waals surface area contributed by atoms with Gasteiger partial charge in [-0.25, -0.2) is 0 Å². The fourth-order valence-electron chi connectivity index (χ4n) is 3.51. The van der Waals surface area contributed by atoms with E-state index in [4.69, 9.17) is 0 Å². The van der Waals surface area contributed by atoms with Crippen LogP contribution in [0.2, 0.25) is 0 Å². The number of nitrogens with zero attached hydrogens (tertiary/aromatic N) is 1. The van der Waals surface area contributed by atoms with Crippen molar-refractivity contribution in [3.8, 4) is 0 Å². The summed E-state index contributed by atoms with van der Waals surface area (Å²) >= 11 is 0. The van der Waals surface area contributed by atoms with Crippen LogP contribution in [0.1, 0.15) is 54.1 Å². The Morgan fingerprint density at radius 1 is 0.963 bits per heavy atom. The normalized spacial score (nSPS) is 13.6. The molecule has 2 aromatic carbocycles. The molecule has 0 spiro atoms. The third-order valence-corrected chi connectivity index (χ3v) is 5.18. The maximum Gasteiger partial charge on any atom is 0.220 e. The standard InChI is InChI=1S/C23H28N2O2/c1-2-18-9-11-19(12-10-18)22(26)13-14-23(27)24-17-20-7-3-4-8-21(20)25-15-5-6-16-25/h3-4,7-12H,2,5-6,13-17H2,1H3,(H,24,27). The summed E-state index contributed by atoms with van der Waals surface area (Å²) in [5.41, 5.74) is 4.23. The second kappa shape index (κ2) is 9.36. The van der Waals surface area contributed by atoms with Crippen LogP contribution in [0.3, 0.4) is 0 Å². The molecule has 1 aliphatic heterocycles. The van der Waals surface area contributed by atoms with E-state index in [1.807, 2.05) is 36.4 Å². The molecule has 1 N–H and O–H groups in total. The molecule has 0 atom stereocenters. The highest BCUT2D eigenvalue weighted by Crippen LogP contribution is 2.24. The zero-order valence-electron chi connectivity index (χ0n) is 16.0. The van der Waals surface area contributed by atoms with Gasteiger partial charge in [-0.3, -0.25) is 9.59 Å². The summed E-state index contributed by atoms with van der Waals surface area (Å²) < 4.78 is 0. The number of hydrogen-bond donors (Lipinski definition) is 1. The number of aryl methyl sites for hydroxylation is 1. The second-order valence-electron chi connectivity index (χ2n) is 7.07. The molecule has 0 unspecified atom stereocenters. The summed E-state index contributed by atoms with van der Waals surface area (Å²) in [6, 6.07) is 15.9. The van der Waals surface area contributed by atoms with Crippen molar-refractivity contribution in [1.82, 2.24) is 5.32 Å². The molecule has 1 heterocycles. The molecule has 1 saturated heterocycles. The number of carbonyl (C=O) groups is 2. The van der Waals surface area contributed by atoms with Crippen LogP contribution in [-0.2, 0) is 17.8 Å². The molecule has 0 aliphatic carbocycles. The molecule has 0 bridgehead atoms. The molecule has 142 valence electrons. The van der Waals surface area contributed by atoms with Crippen molar-refractivity contribution in [2.24, 2.45) is 0 Å². The van der Waals surface area contributed by atoms with Gasteiger partial charge in [0, 0.05) is 43.7 Å². The monoisotopic (exact) mass is 364 g/mol. The van der Waals surface area contributed by atoms with Crippen molar-refractivity contribution in [2.45, 2.75) is 45.6 Å². The quantitative estimate of drug-likeness (QED) is 0.717. The van der Waals surface area contributed by atoms with Gasteiger partial charge in [0.25, 0.3) is 0 Å². The zero-order chi connectivity index (χ0) is 19.1.